The fraction of sp³-hybridized carbons (Fsp3) is 0.474. The molecule has 0 spiro atoms. The van der Waals surface area contributed by atoms with Crippen molar-refractivity contribution in [1.29, 1.82) is 0 Å². The smallest absolute Gasteiger partial charge is 0.191 e. The number of imidazole rings is 1. The van der Waals surface area contributed by atoms with E-state index >= 15 is 0 Å². The predicted molar refractivity (Wildman–Crippen MR) is 118 cm³/mol. The quantitative estimate of drug-likeness (QED) is 0.264. The average molecular weight is 504 g/mol. The third kappa shape index (κ3) is 6.32. The summed E-state index contributed by atoms with van der Waals surface area (Å²) < 4.78 is 29.1. The Morgan fingerprint density at radius 1 is 1.36 bits per heavy atom. The van der Waals surface area contributed by atoms with Gasteiger partial charge in [-0.1, -0.05) is 0 Å². The van der Waals surface area contributed by atoms with Gasteiger partial charge in [-0.05, 0) is 31.9 Å². The van der Waals surface area contributed by atoms with E-state index in [2.05, 4.69) is 20.6 Å². The lowest BCUT2D eigenvalue weighted by molar-refractivity contribution is 0.580. The fourth-order valence-corrected chi connectivity index (χ4v) is 3.21. The molecule has 1 unspecified atom stereocenters. The average Bonchev–Trinajstić information content (AvgIpc) is 3.31. The molecule has 0 amide bonds. The van der Waals surface area contributed by atoms with Crippen molar-refractivity contribution < 1.29 is 8.78 Å². The van der Waals surface area contributed by atoms with Crippen LogP contribution >= 0.6 is 24.0 Å². The van der Waals surface area contributed by atoms with Crippen molar-refractivity contribution in [2.45, 2.75) is 32.4 Å². The first-order chi connectivity index (χ1) is 13.2. The Hall–Kier alpha value is -1.91. The molecule has 6 nitrogen and oxygen atoms in total. The molecular formula is C19H27F2IN6. The fourth-order valence-electron chi connectivity index (χ4n) is 3.21. The molecule has 0 radical (unpaired) electrons. The summed E-state index contributed by atoms with van der Waals surface area (Å²) in [6, 6.07) is 3.90. The maximum atomic E-state index is 14.0. The number of aliphatic imine (C=N–C) groups is 1. The molecule has 2 aromatic rings. The van der Waals surface area contributed by atoms with Crippen LogP contribution in [-0.2, 0) is 6.54 Å². The molecule has 2 heterocycles. The van der Waals surface area contributed by atoms with Gasteiger partial charge in [0.25, 0.3) is 0 Å². The number of aromatic nitrogens is 2. The van der Waals surface area contributed by atoms with E-state index in [4.69, 9.17) is 0 Å². The number of halogens is 3. The summed E-state index contributed by atoms with van der Waals surface area (Å²) >= 11 is 0. The van der Waals surface area contributed by atoms with Gasteiger partial charge in [-0.2, -0.15) is 0 Å². The zero-order chi connectivity index (χ0) is 19.1. The van der Waals surface area contributed by atoms with E-state index in [9.17, 15) is 8.78 Å². The highest BCUT2D eigenvalue weighted by molar-refractivity contribution is 14.0. The lowest BCUT2D eigenvalue weighted by Crippen LogP contribution is -2.44. The van der Waals surface area contributed by atoms with Crippen molar-refractivity contribution in [3.63, 3.8) is 0 Å². The molecule has 1 aliphatic heterocycles. The van der Waals surface area contributed by atoms with Gasteiger partial charge in [0, 0.05) is 57.2 Å². The Kier molecular flexibility index (Phi) is 8.94. The van der Waals surface area contributed by atoms with Gasteiger partial charge in [-0.3, -0.25) is 4.99 Å². The third-order valence-corrected chi connectivity index (χ3v) is 4.53. The monoisotopic (exact) mass is 504 g/mol. The lowest BCUT2D eigenvalue weighted by Gasteiger charge is -2.21. The standard InChI is InChI=1S/C19H26F2N6.HI/c1-2-23-19(24-7-3-9-26-11-8-22-14-26)25-16-6-10-27(13-16)18-5-4-15(20)12-17(18)21;/h4-5,8,11-12,14,16H,2-3,6-7,9-10,13H2,1H3,(H2,23,24,25);1H. The van der Waals surface area contributed by atoms with Crippen molar-refractivity contribution >= 4 is 35.6 Å². The third-order valence-electron chi connectivity index (χ3n) is 4.53. The van der Waals surface area contributed by atoms with Gasteiger partial charge in [0.1, 0.15) is 11.6 Å². The first-order valence-corrected chi connectivity index (χ1v) is 9.36. The Morgan fingerprint density at radius 2 is 2.21 bits per heavy atom. The molecule has 154 valence electrons. The van der Waals surface area contributed by atoms with Crippen molar-refractivity contribution in [1.82, 2.24) is 20.2 Å². The van der Waals surface area contributed by atoms with E-state index in [1.54, 1.807) is 12.5 Å². The Balaban J connectivity index is 0.00000280. The molecular weight excluding hydrogens is 477 g/mol. The van der Waals surface area contributed by atoms with Crippen LogP contribution in [0.4, 0.5) is 14.5 Å². The first kappa shape index (κ1) is 22.4. The maximum Gasteiger partial charge on any atom is 0.191 e. The molecule has 2 N–H and O–H groups in total. The zero-order valence-electron chi connectivity index (χ0n) is 15.9. The second-order valence-electron chi connectivity index (χ2n) is 6.59. The van der Waals surface area contributed by atoms with Crippen LogP contribution in [0.1, 0.15) is 19.8 Å². The van der Waals surface area contributed by atoms with Gasteiger partial charge in [0.05, 0.1) is 12.0 Å². The van der Waals surface area contributed by atoms with Gasteiger partial charge in [-0.25, -0.2) is 13.8 Å². The van der Waals surface area contributed by atoms with Crippen LogP contribution in [0.3, 0.4) is 0 Å². The minimum atomic E-state index is -0.553. The highest BCUT2D eigenvalue weighted by Gasteiger charge is 2.25. The Labute approximate surface area is 181 Å². The normalized spacial score (nSPS) is 16.8. The molecule has 0 saturated carbocycles. The number of aryl methyl sites for hydroxylation is 1. The topological polar surface area (TPSA) is 57.5 Å². The van der Waals surface area contributed by atoms with Gasteiger partial charge in [0.2, 0.25) is 0 Å². The van der Waals surface area contributed by atoms with Gasteiger partial charge in [-0.15, -0.1) is 24.0 Å². The summed E-state index contributed by atoms with van der Waals surface area (Å²) in [5, 5.41) is 6.68. The predicted octanol–water partition coefficient (Wildman–Crippen LogP) is 3.00. The number of benzene rings is 1. The van der Waals surface area contributed by atoms with Crippen LogP contribution in [0, 0.1) is 11.6 Å². The van der Waals surface area contributed by atoms with Crippen molar-refractivity contribution in [2.75, 3.05) is 31.1 Å². The van der Waals surface area contributed by atoms with Crippen molar-refractivity contribution in [3.05, 3.63) is 48.6 Å². The van der Waals surface area contributed by atoms with Gasteiger partial charge < -0.3 is 20.1 Å². The minimum Gasteiger partial charge on any atom is -0.367 e. The van der Waals surface area contributed by atoms with Crippen LogP contribution in [0.5, 0.6) is 0 Å². The molecule has 28 heavy (non-hydrogen) atoms. The molecule has 1 atom stereocenters. The number of nitrogens with one attached hydrogen (secondary N) is 2. The first-order valence-electron chi connectivity index (χ1n) is 9.36. The van der Waals surface area contributed by atoms with Crippen LogP contribution in [-0.4, -0.2) is 47.7 Å². The van der Waals surface area contributed by atoms with Crippen molar-refractivity contribution in [3.8, 4) is 0 Å². The van der Waals surface area contributed by atoms with Gasteiger partial charge in [0.15, 0.2) is 5.96 Å². The summed E-state index contributed by atoms with van der Waals surface area (Å²) in [6.45, 7) is 5.76. The summed E-state index contributed by atoms with van der Waals surface area (Å²) in [7, 11) is 0. The largest absolute Gasteiger partial charge is 0.367 e. The molecule has 1 fully saturated rings. The van der Waals surface area contributed by atoms with E-state index < -0.39 is 11.6 Å². The van der Waals surface area contributed by atoms with Crippen LogP contribution < -0.4 is 15.5 Å². The summed E-state index contributed by atoms with van der Waals surface area (Å²) in [6.07, 6.45) is 7.30. The Bertz CT molecular complexity index is 753. The number of hydrogen-bond acceptors (Lipinski definition) is 3. The highest BCUT2D eigenvalue weighted by atomic mass is 127. The molecule has 9 heteroatoms. The van der Waals surface area contributed by atoms with Gasteiger partial charge >= 0.3 is 0 Å². The van der Waals surface area contributed by atoms with E-state index in [-0.39, 0.29) is 30.0 Å². The molecule has 3 rings (SSSR count). The molecule has 1 saturated heterocycles. The molecule has 0 bridgehead atoms. The van der Waals surface area contributed by atoms with E-state index in [1.165, 1.54) is 12.1 Å². The highest BCUT2D eigenvalue weighted by Crippen LogP contribution is 2.24. The van der Waals surface area contributed by atoms with E-state index in [1.807, 2.05) is 22.6 Å². The van der Waals surface area contributed by atoms with Crippen LogP contribution in [0.2, 0.25) is 0 Å². The number of anilines is 1. The second-order valence-corrected chi connectivity index (χ2v) is 6.59. The van der Waals surface area contributed by atoms with E-state index in [0.29, 0.717) is 18.8 Å². The van der Waals surface area contributed by atoms with E-state index in [0.717, 1.165) is 44.5 Å². The molecule has 1 aromatic heterocycles. The summed E-state index contributed by atoms with van der Waals surface area (Å²) in [4.78, 5) is 10.6. The molecule has 1 aliphatic rings. The second kappa shape index (κ2) is 11.2. The SMILES string of the molecule is CCNC(=NCCCn1ccnc1)NC1CCN(c2ccc(F)cc2F)C1.I. The lowest BCUT2D eigenvalue weighted by atomic mass is 10.2. The Morgan fingerprint density at radius 3 is 2.93 bits per heavy atom. The molecule has 1 aromatic carbocycles. The van der Waals surface area contributed by atoms with Crippen LogP contribution in [0.15, 0.2) is 41.9 Å². The number of rotatable bonds is 7. The maximum absolute atomic E-state index is 14.0. The number of hydrogen-bond donors (Lipinski definition) is 2. The molecule has 0 aliphatic carbocycles. The summed E-state index contributed by atoms with van der Waals surface area (Å²) in [5.74, 6) is -0.298. The van der Waals surface area contributed by atoms with Crippen LogP contribution in [0.25, 0.3) is 0 Å². The number of nitrogens with zero attached hydrogens (tertiary/aromatic N) is 4. The number of guanidine groups is 1. The van der Waals surface area contributed by atoms with Crippen molar-refractivity contribution in [2.24, 2.45) is 4.99 Å². The summed E-state index contributed by atoms with van der Waals surface area (Å²) in [5.41, 5.74) is 0.447. The minimum absolute atomic E-state index is 0. The zero-order valence-corrected chi connectivity index (χ0v) is 18.3.